The Morgan fingerprint density at radius 2 is 1.73 bits per heavy atom. The standard InChI is InChI=1S/C25H23F3N4O/c1-30-24(33)23(20-5-3-2-4-6-20)32-21(19-11-7-17(15-29)8-12-19)13-9-18-10-14-22(31-16-18)25(26,27)28/h2-8,10-12,14,16,21,23,32H,9,13H2,1H3,(H,30,33)/t21-,23+/m0/s1. The number of nitriles is 1. The molecule has 33 heavy (non-hydrogen) atoms. The number of alkyl halides is 3. The molecule has 3 aromatic rings. The SMILES string of the molecule is CNC(=O)[C@H](N[C@@H](CCc1ccc(C(F)(F)F)nc1)c1ccc(C#N)cc1)c1ccccc1. The molecule has 1 heterocycles. The molecule has 2 aromatic carbocycles. The monoisotopic (exact) mass is 452 g/mol. The molecule has 0 radical (unpaired) electrons. The van der Waals surface area contributed by atoms with Gasteiger partial charge in [-0.3, -0.25) is 15.1 Å². The van der Waals surface area contributed by atoms with Gasteiger partial charge in [-0.15, -0.1) is 0 Å². The van der Waals surface area contributed by atoms with Crippen LogP contribution in [0.1, 0.15) is 46.5 Å². The fourth-order valence-electron chi connectivity index (χ4n) is 3.50. The lowest BCUT2D eigenvalue weighted by Crippen LogP contribution is -2.38. The number of hydrogen-bond acceptors (Lipinski definition) is 4. The topological polar surface area (TPSA) is 77.8 Å². The number of aromatic nitrogens is 1. The molecule has 0 fully saturated rings. The van der Waals surface area contributed by atoms with Crippen molar-refractivity contribution in [3.8, 4) is 6.07 Å². The number of nitrogens with zero attached hydrogens (tertiary/aromatic N) is 2. The summed E-state index contributed by atoms with van der Waals surface area (Å²) in [5, 5.41) is 15.1. The van der Waals surface area contributed by atoms with Crippen molar-refractivity contribution in [2.75, 3.05) is 7.05 Å². The fourth-order valence-corrected chi connectivity index (χ4v) is 3.50. The van der Waals surface area contributed by atoms with Gasteiger partial charge in [-0.05, 0) is 47.7 Å². The Kier molecular flexibility index (Phi) is 7.80. The minimum absolute atomic E-state index is 0.212. The van der Waals surface area contributed by atoms with Gasteiger partial charge in [0.1, 0.15) is 11.7 Å². The largest absolute Gasteiger partial charge is 0.433 e. The number of hydrogen-bond donors (Lipinski definition) is 2. The van der Waals surface area contributed by atoms with Gasteiger partial charge in [0.2, 0.25) is 5.91 Å². The minimum Gasteiger partial charge on any atom is -0.358 e. The van der Waals surface area contributed by atoms with E-state index in [1.165, 1.54) is 12.3 Å². The molecule has 1 aromatic heterocycles. The summed E-state index contributed by atoms with van der Waals surface area (Å²) in [7, 11) is 1.56. The maximum absolute atomic E-state index is 12.8. The smallest absolute Gasteiger partial charge is 0.358 e. The van der Waals surface area contributed by atoms with E-state index >= 15 is 0 Å². The molecule has 0 aliphatic rings. The molecule has 2 atom stereocenters. The molecule has 170 valence electrons. The summed E-state index contributed by atoms with van der Waals surface area (Å²) < 4.78 is 38.4. The number of benzene rings is 2. The van der Waals surface area contributed by atoms with Crippen molar-refractivity contribution in [2.24, 2.45) is 0 Å². The molecule has 0 spiro atoms. The maximum Gasteiger partial charge on any atom is 0.433 e. The second kappa shape index (κ2) is 10.7. The first kappa shape index (κ1) is 24.0. The zero-order valence-corrected chi connectivity index (χ0v) is 17.9. The van der Waals surface area contributed by atoms with Gasteiger partial charge < -0.3 is 5.32 Å². The zero-order valence-electron chi connectivity index (χ0n) is 17.9. The molecule has 0 bridgehead atoms. The fraction of sp³-hybridized carbons (Fsp3) is 0.240. The molecule has 8 heteroatoms. The Labute approximate surface area is 190 Å². The van der Waals surface area contributed by atoms with Crippen molar-refractivity contribution < 1.29 is 18.0 Å². The van der Waals surface area contributed by atoms with E-state index in [2.05, 4.69) is 21.7 Å². The minimum atomic E-state index is -4.48. The third-order valence-corrected chi connectivity index (χ3v) is 5.29. The molecule has 0 saturated carbocycles. The van der Waals surface area contributed by atoms with Gasteiger partial charge in [0.25, 0.3) is 0 Å². The molecule has 0 saturated heterocycles. The normalized spacial score (nSPS) is 13.1. The van der Waals surface area contributed by atoms with E-state index in [1.54, 1.807) is 19.2 Å². The van der Waals surface area contributed by atoms with E-state index in [-0.39, 0.29) is 11.9 Å². The Hall–Kier alpha value is -3.70. The van der Waals surface area contributed by atoms with Gasteiger partial charge in [0, 0.05) is 19.3 Å². The van der Waals surface area contributed by atoms with Crippen LogP contribution in [0.4, 0.5) is 13.2 Å². The molecule has 3 rings (SSSR count). The number of likely N-dealkylation sites (N-methyl/N-ethyl adjacent to an activating group) is 1. The number of carbonyl (C=O) groups is 1. The Balaban J connectivity index is 1.85. The number of pyridine rings is 1. The van der Waals surface area contributed by atoms with Gasteiger partial charge in [-0.25, -0.2) is 0 Å². The summed E-state index contributed by atoms with van der Waals surface area (Å²) in [6.07, 6.45) is -2.31. The van der Waals surface area contributed by atoms with Crippen LogP contribution in [-0.2, 0) is 17.4 Å². The highest BCUT2D eigenvalue weighted by Crippen LogP contribution is 2.28. The van der Waals surface area contributed by atoms with Gasteiger partial charge in [-0.2, -0.15) is 18.4 Å². The van der Waals surface area contributed by atoms with Crippen molar-refractivity contribution in [3.63, 3.8) is 0 Å². The number of halogens is 3. The van der Waals surface area contributed by atoms with E-state index in [9.17, 15) is 18.0 Å². The number of carbonyl (C=O) groups excluding carboxylic acids is 1. The predicted octanol–water partition coefficient (Wildman–Crippen LogP) is 4.72. The van der Waals surface area contributed by atoms with Crippen molar-refractivity contribution in [1.82, 2.24) is 15.6 Å². The predicted molar refractivity (Wildman–Crippen MR) is 118 cm³/mol. The summed E-state index contributed by atoms with van der Waals surface area (Å²) in [5.41, 5.74) is 1.87. The number of rotatable bonds is 8. The summed E-state index contributed by atoms with van der Waals surface area (Å²) in [5.74, 6) is -0.212. The van der Waals surface area contributed by atoms with Gasteiger partial charge in [0.15, 0.2) is 0 Å². The van der Waals surface area contributed by atoms with Crippen molar-refractivity contribution >= 4 is 5.91 Å². The van der Waals surface area contributed by atoms with Gasteiger partial charge >= 0.3 is 6.18 Å². The molecule has 5 nitrogen and oxygen atoms in total. The number of amides is 1. The molecule has 1 amide bonds. The van der Waals surface area contributed by atoms with E-state index in [4.69, 9.17) is 5.26 Å². The first-order valence-electron chi connectivity index (χ1n) is 10.4. The van der Waals surface area contributed by atoms with Crippen molar-refractivity contribution in [3.05, 3.63) is 101 Å². The third-order valence-electron chi connectivity index (χ3n) is 5.29. The molecular formula is C25H23F3N4O. The first-order valence-corrected chi connectivity index (χ1v) is 10.4. The molecular weight excluding hydrogens is 429 g/mol. The van der Waals surface area contributed by atoms with E-state index in [0.717, 1.165) is 17.2 Å². The Bertz CT molecular complexity index is 1090. The summed E-state index contributed by atoms with van der Waals surface area (Å²) >= 11 is 0. The van der Waals surface area contributed by atoms with Crippen LogP contribution in [0.25, 0.3) is 0 Å². The quantitative estimate of drug-likeness (QED) is 0.518. The third kappa shape index (κ3) is 6.40. The summed E-state index contributed by atoms with van der Waals surface area (Å²) in [6.45, 7) is 0. The van der Waals surface area contributed by atoms with Crippen molar-refractivity contribution in [2.45, 2.75) is 31.1 Å². The lowest BCUT2D eigenvalue weighted by Gasteiger charge is -2.26. The van der Waals surface area contributed by atoms with Crippen LogP contribution in [-0.4, -0.2) is 17.9 Å². The van der Waals surface area contributed by atoms with Crippen molar-refractivity contribution in [1.29, 1.82) is 5.26 Å². The van der Waals surface area contributed by atoms with Crippen LogP contribution in [0.5, 0.6) is 0 Å². The lowest BCUT2D eigenvalue weighted by molar-refractivity contribution is -0.141. The first-order chi connectivity index (χ1) is 15.8. The Morgan fingerprint density at radius 1 is 1.03 bits per heavy atom. The second-order valence-corrected chi connectivity index (χ2v) is 7.50. The highest BCUT2D eigenvalue weighted by molar-refractivity contribution is 5.83. The van der Waals surface area contributed by atoms with Gasteiger partial charge in [-0.1, -0.05) is 48.5 Å². The van der Waals surface area contributed by atoms with E-state index < -0.39 is 17.9 Å². The molecule has 0 aliphatic carbocycles. The number of aryl methyl sites for hydroxylation is 1. The van der Waals surface area contributed by atoms with Crippen LogP contribution in [0.2, 0.25) is 0 Å². The highest BCUT2D eigenvalue weighted by atomic mass is 19.4. The van der Waals surface area contributed by atoms with Crippen LogP contribution in [0.15, 0.2) is 72.9 Å². The number of nitrogens with one attached hydrogen (secondary N) is 2. The molecule has 2 N–H and O–H groups in total. The Morgan fingerprint density at radius 3 is 2.27 bits per heavy atom. The highest BCUT2D eigenvalue weighted by Gasteiger charge is 2.32. The van der Waals surface area contributed by atoms with Crippen LogP contribution >= 0.6 is 0 Å². The van der Waals surface area contributed by atoms with Gasteiger partial charge in [0.05, 0.1) is 11.6 Å². The zero-order chi connectivity index (χ0) is 23.8. The lowest BCUT2D eigenvalue weighted by atomic mass is 9.96. The summed E-state index contributed by atoms with van der Waals surface area (Å²) in [4.78, 5) is 16.2. The van der Waals surface area contributed by atoms with Crippen LogP contribution < -0.4 is 10.6 Å². The van der Waals surface area contributed by atoms with E-state index in [1.807, 2.05) is 42.5 Å². The molecule has 0 aliphatic heterocycles. The van der Waals surface area contributed by atoms with Crippen LogP contribution in [0, 0.1) is 11.3 Å². The average molecular weight is 452 g/mol. The maximum atomic E-state index is 12.8. The average Bonchev–Trinajstić information content (AvgIpc) is 2.84. The van der Waals surface area contributed by atoms with Crippen LogP contribution in [0.3, 0.4) is 0 Å². The molecule has 0 unspecified atom stereocenters. The second-order valence-electron chi connectivity index (χ2n) is 7.50. The summed E-state index contributed by atoms with van der Waals surface area (Å²) in [6, 6.07) is 19.8. The van der Waals surface area contributed by atoms with E-state index in [0.29, 0.717) is 24.0 Å².